The first-order valence-electron chi connectivity index (χ1n) is 1.63. The zero-order valence-electron chi connectivity index (χ0n) is 3.51. The van der Waals surface area contributed by atoms with Crippen molar-refractivity contribution in [1.29, 1.82) is 0 Å². The van der Waals surface area contributed by atoms with Crippen LogP contribution in [0.4, 0.5) is 0 Å². The van der Waals surface area contributed by atoms with E-state index in [-0.39, 0.29) is 59.1 Å². The van der Waals surface area contributed by atoms with Crippen LogP contribution in [-0.4, -0.2) is 70.2 Å². The van der Waals surface area contributed by atoms with Gasteiger partial charge < -0.3 is 5.11 Å². The van der Waals surface area contributed by atoms with Crippen LogP contribution in [0.5, 0.6) is 0 Å². The molecule has 38 valence electrons. The molecule has 0 fully saturated rings. The number of carbonyl (C=O) groups is 1. The Bertz CT molecular complexity index is 80.1. The van der Waals surface area contributed by atoms with E-state index in [4.69, 9.17) is 5.11 Å². The molecule has 0 aliphatic rings. The average Bonchev–Trinajstić information content (AvgIpc) is 1.35. The van der Waals surface area contributed by atoms with Gasteiger partial charge in [0, 0.05) is 6.08 Å². The third-order valence-electron chi connectivity index (χ3n) is 0.309. The molecule has 0 spiro atoms. The molecule has 2 nitrogen and oxygen atoms in total. The van der Waals surface area contributed by atoms with Gasteiger partial charge in [-0.05, 0) is 6.92 Å². The van der Waals surface area contributed by atoms with Crippen molar-refractivity contribution in [2.45, 2.75) is 6.92 Å². The Morgan fingerprint density at radius 2 is 1.88 bits per heavy atom. The van der Waals surface area contributed by atoms with Gasteiger partial charge in [0.25, 0.3) is 0 Å². The normalized spacial score (nSPS) is 7.12. The first-order chi connectivity index (χ1) is 2.77. The number of carboxylic acid groups (broad SMARTS) is 1. The Kier molecular flexibility index (Phi) is 22.3. The molecule has 0 rings (SSSR count). The summed E-state index contributed by atoms with van der Waals surface area (Å²) in [5, 5.41) is 7.83. The van der Waals surface area contributed by atoms with Gasteiger partial charge in [0.15, 0.2) is 0 Å². The molecule has 0 atom stereocenters. The predicted molar refractivity (Wildman–Crippen MR) is 36.7 cm³/mol. The van der Waals surface area contributed by atoms with Crippen molar-refractivity contribution in [1.82, 2.24) is 0 Å². The molecule has 0 unspecified atom stereocenters. The molecule has 8 heavy (non-hydrogen) atoms. The van der Waals surface area contributed by atoms with Gasteiger partial charge in [0.2, 0.25) is 0 Å². The van der Waals surface area contributed by atoms with E-state index in [0.29, 0.717) is 0 Å². The molecule has 1 N–H and O–H groups in total. The molecule has 0 saturated heterocycles. The van der Waals surface area contributed by atoms with Gasteiger partial charge in [-0.25, -0.2) is 4.79 Å². The van der Waals surface area contributed by atoms with Crippen molar-refractivity contribution in [2.24, 2.45) is 0 Å². The standard InChI is InChI=1S/C4H6O2.2Na.2H/c1-2-3-4(5)6;;;;/h2-3H,1H3,(H,5,6);;;;/b3-2+;;;;. The summed E-state index contributed by atoms with van der Waals surface area (Å²) >= 11 is 0. The van der Waals surface area contributed by atoms with Crippen molar-refractivity contribution in [3.8, 4) is 0 Å². The quantitative estimate of drug-likeness (QED) is 0.382. The molecule has 0 aromatic heterocycles. The third kappa shape index (κ3) is 15.7. The van der Waals surface area contributed by atoms with E-state index in [1.54, 1.807) is 6.92 Å². The summed E-state index contributed by atoms with van der Waals surface area (Å²) in [6.07, 6.45) is 2.56. The fourth-order valence-electron chi connectivity index (χ4n) is 0.143. The molecule has 0 radical (unpaired) electrons. The van der Waals surface area contributed by atoms with Crippen LogP contribution in [0.15, 0.2) is 12.2 Å². The summed E-state index contributed by atoms with van der Waals surface area (Å²) in [6, 6.07) is 0. The molecule has 4 heteroatoms. The topological polar surface area (TPSA) is 37.3 Å². The molecular weight excluding hydrogens is 126 g/mol. The summed E-state index contributed by atoms with van der Waals surface area (Å²) in [5.74, 6) is -0.891. The van der Waals surface area contributed by atoms with Crippen LogP contribution in [0.25, 0.3) is 0 Å². The van der Waals surface area contributed by atoms with Gasteiger partial charge in [-0.3, -0.25) is 0 Å². The van der Waals surface area contributed by atoms with Crippen molar-refractivity contribution >= 4 is 65.1 Å². The molecule has 0 heterocycles. The van der Waals surface area contributed by atoms with E-state index in [2.05, 4.69) is 0 Å². The van der Waals surface area contributed by atoms with Crippen LogP contribution >= 0.6 is 0 Å². The van der Waals surface area contributed by atoms with Gasteiger partial charge in [-0.1, -0.05) is 6.08 Å². The van der Waals surface area contributed by atoms with E-state index in [1.807, 2.05) is 0 Å². The Hall–Kier alpha value is 1.21. The van der Waals surface area contributed by atoms with Crippen LogP contribution in [-0.2, 0) is 4.79 Å². The van der Waals surface area contributed by atoms with Crippen LogP contribution in [0.1, 0.15) is 6.92 Å². The number of hydrogen-bond acceptors (Lipinski definition) is 1. The molecule has 0 aliphatic heterocycles. The third-order valence-corrected chi connectivity index (χ3v) is 0.309. The van der Waals surface area contributed by atoms with E-state index >= 15 is 0 Å². The minimum atomic E-state index is -0.891. The average molecular weight is 134 g/mol. The van der Waals surface area contributed by atoms with Gasteiger partial charge in [0.05, 0.1) is 0 Å². The molecule has 0 bridgehead atoms. The van der Waals surface area contributed by atoms with Crippen molar-refractivity contribution in [3.05, 3.63) is 12.2 Å². The second-order valence-corrected chi connectivity index (χ2v) is 0.838. The van der Waals surface area contributed by atoms with Gasteiger partial charge in [-0.15, -0.1) is 0 Å². The fraction of sp³-hybridized carbons (Fsp3) is 0.250. The number of rotatable bonds is 1. The van der Waals surface area contributed by atoms with Crippen molar-refractivity contribution < 1.29 is 9.90 Å². The van der Waals surface area contributed by atoms with Crippen molar-refractivity contribution in [3.63, 3.8) is 0 Å². The second-order valence-electron chi connectivity index (χ2n) is 0.838. The molecule has 0 aliphatic carbocycles. The number of aliphatic carboxylic acids is 1. The van der Waals surface area contributed by atoms with Crippen molar-refractivity contribution in [2.75, 3.05) is 0 Å². The SMILES string of the molecule is C/C=C/C(=O)O.[NaH].[NaH]. The van der Waals surface area contributed by atoms with Crippen LogP contribution in [0.2, 0.25) is 0 Å². The molecular formula is C4H8Na2O2. The monoisotopic (exact) mass is 134 g/mol. The number of carboxylic acids is 1. The Balaban J connectivity index is -0.000000125. The first kappa shape index (κ1) is 16.1. The zero-order chi connectivity index (χ0) is 4.99. The predicted octanol–water partition coefficient (Wildman–Crippen LogP) is -0.650. The summed E-state index contributed by atoms with van der Waals surface area (Å²) in [7, 11) is 0. The first-order valence-corrected chi connectivity index (χ1v) is 1.63. The van der Waals surface area contributed by atoms with E-state index < -0.39 is 5.97 Å². The van der Waals surface area contributed by atoms with E-state index in [0.717, 1.165) is 6.08 Å². The maximum atomic E-state index is 9.51. The zero-order valence-corrected chi connectivity index (χ0v) is 3.51. The van der Waals surface area contributed by atoms with Gasteiger partial charge in [-0.2, -0.15) is 0 Å². The van der Waals surface area contributed by atoms with E-state index in [1.165, 1.54) is 6.08 Å². The van der Waals surface area contributed by atoms with E-state index in [9.17, 15) is 4.79 Å². The number of allylic oxidation sites excluding steroid dienone is 1. The molecule has 0 amide bonds. The number of hydrogen-bond donors (Lipinski definition) is 1. The maximum absolute atomic E-state index is 9.51. The summed E-state index contributed by atoms with van der Waals surface area (Å²) in [5.41, 5.74) is 0. The fourth-order valence-corrected chi connectivity index (χ4v) is 0.143. The summed E-state index contributed by atoms with van der Waals surface area (Å²) < 4.78 is 0. The molecule has 0 saturated carbocycles. The summed E-state index contributed by atoms with van der Waals surface area (Å²) in [4.78, 5) is 9.51. The van der Waals surface area contributed by atoms with Crippen LogP contribution in [0, 0.1) is 0 Å². The van der Waals surface area contributed by atoms with Crippen LogP contribution < -0.4 is 0 Å². The Labute approximate surface area is 92.9 Å². The molecule has 0 aromatic rings. The second kappa shape index (κ2) is 11.1. The van der Waals surface area contributed by atoms with Gasteiger partial charge in [0.1, 0.15) is 0 Å². The van der Waals surface area contributed by atoms with Crippen LogP contribution in [0.3, 0.4) is 0 Å². The minimum absolute atomic E-state index is 0. The Morgan fingerprint density at radius 3 is 1.88 bits per heavy atom. The van der Waals surface area contributed by atoms with Gasteiger partial charge >= 0.3 is 65.1 Å². The Morgan fingerprint density at radius 1 is 1.50 bits per heavy atom. The summed E-state index contributed by atoms with van der Waals surface area (Å²) in [6.45, 7) is 1.66. The molecule has 0 aromatic carbocycles.